The van der Waals surface area contributed by atoms with Gasteiger partial charge in [0.25, 0.3) is 0 Å². The van der Waals surface area contributed by atoms with Crippen molar-refractivity contribution in [2.45, 2.75) is 25.5 Å². The molecule has 1 fully saturated rings. The number of nitrogens with zero attached hydrogens (tertiary/aromatic N) is 1. The van der Waals surface area contributed by atoms with E-state index >= 15 is 0 Å². The van der Waals surface area contributed by atoms with Crippen molar-refractivity contribution in [3.8, 4) is 0 Å². The van der Waals surface area contributed by atoms with Crippen molar-refractivity contribution in [3.63, 3.8) is 0 Å². The van der Waals surface area contributed by atoms with Gasteiger partial charge in [-0.15, -0.1) is 0 Å². The molecule has 1 saturated heterocycles. The van der Waals surface area contributed by atoms with Crippen LogP contribution in [0.25, 0.3) is 0 Å². The predicted molar refractivity (Wildman–Crippen MR) is 88.5 cm³/mol. The number of piperidine rings is 1. The van der Waals surface area contributed by atoms with Crippen LogP contribution in [-0.4, -0.2) is 46.2 Å². The van der Waals surface area contributed by atoms with Gasteiger partial charge in [-0.2, -0.15) is 0 Å². The smallest absolute Gasteiger partial charge is 0.409 e. The van der Waals surface area contributed by atoms with Crippen molar-refractivity contribution in [1.29, 1.82) is 0 Å². The van der Waals surface area contributed by atoms with Crippen LogP contribution >= 0.6 is 0 Å². The molecule has 2 rings (SSSR count). The lowest BCUT2D eigenvalue weighted by Gasteiger charge is -2.30. The second-order valence-corrected chi connectivity index (χ2v) is 7.80. The Morgan fingerprint density at radius 2 is 2.04 bits per heavy atom. The first kappa shape index (κ1) is 17.7. The Hall–Kier alpha value is -1.60. The molecule has 23 heavy (non-hydrogen) atoms. The number of nitrogens with one attached hydrogen (secondary N) is 1. The predicted octanol–water partition coefficient (Wildman–Crippen LogP) is 1.89. The van der Waals surface area contributed by atoms with E-state index in [1.54, 1.807) is 4.90 Å². The minimum atomic E-state index is -3.34. The average Bonchev–Trinajstić information content (AvgIpc) is 2.52. The highest BCUT2D eigenvalue weighted by Gasteiger charge is 2.24. The van der Waals surface area contributed by atoms with Crippen LogP contribution in [0.5, 0.6) is 0 Å². The van der Waals surface area contributed by atoms with Crippen molar-refractivity contribution in [2.24, 2.45) is 5.92 Å². The summed E-state index contributed by atoms with van der Waals surface area (Å²) < 4.78 is 31.7. The molecule has 0 aromatic heterocycles. The molecule has 1 aromatic carbocycles. The summed E-state index contributed by atoms with van der Waals surface area (Å²) in [6.45, 7) is 3.58. The van der Waals surface area contributed by atoms with Crippen LogP contribution in [0.15, 0.2) is 24.3 Å². The molecule has 128 valence electrons. The monoisotopic (exact) mass is 340 g/mol. The summed E-state index contributed by atoms with van der Waals surface area (Å²) in [6, 6.07) is 7.51. The third-order valence-electron chi connectivity index (χ3n) is 4.08. The maximum absolute atomic E-state index is 12.2. The molecule has 1 aliphatic rings. The zero-order valence-corrected chi connectivity index (χ0v) is 14.4. The SMILES string of the molecule is COC(=O)N1CCC(CNS(=O)(=O)Cc2cccc(C)c2)CC1. The Labute approximate surface area is 137 Å². The maximum Gasteiger partial charge on any atom is 0.409 e. The number of hydrogen-bond donors (Lipinski definition) is 1. The number of aryl methyl sites for hydroxylation is 1. The third kappa shape index (κ3) is 5.51. The van der Waals surface area contributed by atoms with Crippen molar-refractivity contribution in [3.05, 3.63) is 35.4 Å². The van der Waals surface area contributed by atoms with Crippen LogP contribution in [0.4, 0.5) is 4.79 Å². The number of likely N-dealkylation sites (tertiary alicyclic amines) is 1. The molecule has 1 amide bonds. The number of methoxy groups -OCH3 is 1. The Morgan fingerprint density at radius 3 is 2.65 bits per heavy atom. The number of benzene rings is 1. The normalized spacial score (nSPS) is 16.3. The molecule has 1 heterocycles. The van der Waals surface area contributed by atoms with E-state index in [2.05, 4.69) is 4.72 Å². The summed E-state index contributed by atoms with van der Waals surface area (Å²) in [7, 11) is -1.97. The summed E-state index contributed by atoms with van der Waals surface area (Å²) in [5.41, 5.74) is 1.84. The van der Waals surface area contributed by atoms with Crippen molar-refractivity contribution < 1.29 is 17.9 Å². The minimum Gasteiger partial charge on any atom is -0.453 e. The van der Waals surface area contributed by atoms with E-state index in [9.17, 15) is 13.2 Å². The lowest BCUT2D eigenvalue weighted by atomic mass is 9.97. The molecule has 1 aliphatic heterocycles. The van der Waals surface area contributed by atoms with E-state index in [1.165, 1.54) is 7.11 Å². The minimum absolute atomic E-state index is 0.00428. The number of carbonyl (C=O) groups is 1. The van der Waals surface area contributed by atoms with E-state index in [0.29, 0.717) is 19.6 Å². The van der Waals surface area contributed by atoms with Gasteiger partial charge in [-0.05, 0) is 31.2 Å². The van der Waals surface area contributed by atoms with Gasteiger partial charge in [-0.3, -0.25) is 0 Å². The van der Waals surface area contributed by atoms with Crippen LogP contribution in [0.3, 0.4) is 0 Å². The number of sulfonamides is 1. The molecule has 0 spiro atoms. The van der Waals surface area contributed by atoms with Crippen LogP contribution in [-0.2, 0) is 20.5 Å². The number of amides is 1. The Balaban J connectivity index is 1.80. The molecular formula is C16H24N2O4S. The fourth-order valence-electron chi connectivity index (χ4n) is 2.77. The lowest BCUT2D eigenvalue weighted by molar-refractivity contribution is 0.106. The largest absolute Gasteiger partial charge is 0.453 e. The zero-order chi connectivity index (χ0) is 16.9. The molecule has 0 atom stereocenters. The van der Waals surface area contributed by atoms with Crippen molar-refractivity contribution >= 4 is 16.1 Å². The van der Waals surface area contributed by atoms with E-state index in [0.717, 1.165) is 24.0 Å². The first-order valence-electron chi connectivity index (χ1n) is 7.75. The van der Waals surface area contributed by atoms with Gasteiger partial charge in [-0.1, -0.05) is 29.8 Å². The molecule has 1 N–H and O–H groups in total. The van der Waals surface area contributed by atoms with Crippen molar-refractivity contribution in [2.75, 3.05) is 26.7 Å². The van der Waals surface area contributed by atoms with Gasteiger partial charge in [-0.25, -0.2) is 17.9 Å². The Kier molecular flexibility index (Phi) is 6.01. The van der Waals surface area contributed by atoms with Gasteiger partial charge in [0.1, 0.15) is 0 Å². The van der Waals surface area contributed by atoms with Gasteiger partial charge in [0.15, 0.2) is 0 Å². The second-order valence-electron chi connectivity index (χ2n) is 6.00. The molecule has 0 unspecified atom stereocenters. The maximum atomic E-state index is 12.2. The topological polar surface area (TPSA) is 75.7 Å². The molecule has 7 heteroatoms. The summed E-state index contributed by atoms with van der Waals surface area (Å²) >= 11 is 0. The first-order chi connectivity index (χ1) is 10.9. The van der Waals surface area contributed by atoms with E-state index in [4.69, 9.17) is 4.74 Å². The summed E-state index contributed by atoms with van der Waals surface area (Å²) in [6.07, 6.45) is 1.24. The Morgan fingerprint density at radius 1 is 1.35 bits per heavy atom. The summed E-state index contributed by atoms with van der Waals surface area (Å²) in [5.74, 6) is 0.249. The molecular weight excluding hydrogens is 316 g/mol. The van der Waals surface area contributed by atoms with Crippen LogP contribution in [0.2, 0.25) is 0 Å². The fourth-order valence-corrected chi connectivity index (χ4v) is 3.98. The zero-order valence-electron chi connectivity index (χ0n) is 13.6. The van der Waals surface area contributed by atoms with E-state index < -0.39 is 10.0 Å². The second kappa shape index (κ2) is 7.79. The van der Waals surface area contributed by atoms with Crippen LogP contribution in [0.1, 0.15) is 24.0 Å². The third-order valence-corrected chi connectivity index (χ3v) is 5.40. The molecule has 6 nitrogen and oxygen atoms in total. The van der Waals surface area contributed by atoms with Gasteiger partial charge in [0, 0.05) is 19.6 Å². The highest BCUT2D eigenvalue weighted by molar-refractivity contribution is 7.88. The molecule has 0 bridgehead atoms. The summed E-state index contributed by atoms with van der Waals surface area (Å²) in [4.78, 5) is 13.1. The molecule has 0 saturated carbocycles. The van der Waals surface area contributed by atoms with E-state index in [1.807, 2.05) is 31.2 Å². The molecule has 0 aliphatic carbocycles. The highest BCUT2D eigenvalue weighted by atomic mass is 32.2. The molecule has 0 radical (unpaired) electrons. The van der Waals surface area contributed by atoms with Crippen molar-refractivity contribution in [1.82, 2.24) is 9.62 Å². The fraction of sp³-hybridized carbons (Fsp3) is 0.562. The number of hydrogen-bond acceptors (Lipinski definition) is 4. The number of ether oxygens (including phenoxy) is 1. The van der Waals surface area contributed by atoms with Crippen LogP contribution < -0.4 is 4.72 Å². The number of rotatable bonds is 5. The number of carbonyl (C=O) groups excluding carboxylic acids is 1. The quantitative estimate of drug-likeness (QED) is 0.888. The van der Waals surface area contributed by atoms with Gasteiger partial charge >= 0.3 is 6.09 Å². The molecule has 1 aromatic rings. The van der Waals surface area contributed by atoms with Crippen LogP contribution in [0, 0.1) is 12.8 Å². The lowest BCUT2D eigenvalue weighted by Crippen LogP contribution is -2.41. The Bertz CT molecular complexity index is 637. The van der Waals surface area contributed by atoms with Gasteiger partial charge in [0.2, 0.25) is 10.0 Å². The highest BCUT2D eigenvalue weighted by Crippen LogP contribution is 2.17. The first-order valence-corrected chi connectivity index (χ1v) is 9.40. The standard InChI is InChI=1S/C16H24N2O4S/c1-13-4-3-5-15(10-13)12-23(20,21)17-11-14-6-8-18(9-7-14)16(19)22-2/h3-5,10,14,17H,6-9,11-12H2,1-2H3. The van der Waals surface area contributed by atoms with Gasteiger partial charge in [0.05, 0.1) is 12.9 Å². The van der Waals surface area contributed by atoms with E-state index in [-0.39, 0.29) is 17.8 Å². The summed E-state index contributed by atoms with van der Waals surface area (Å²) in [5, 5.41) is 0. The average molecular weight is 340 g/mol. The van der Waals surface area contributed by atoms with Gasteiger partial charge < -0.3 is 9.64 Å².